The summed E-state index contributed by atoms with van der Waals surface area (Å²) < 4.78 is 124. The molecule has 2 amide bonds. The van der Waals surface area contributed by atoms with E-state index in [1.165, 1.54) is 12.1 Å². The maximum atomic E-state index is 15.6. The molecule has 2 atom stereocenters. The van der Waals surface area contributed by atoms with Crippen LogP contribution in [0.4, 0.5) is 40.8 Å². The van der Waals surface area contributed by atoms with Crippen LogP contribution < -0.4 is 10.1 Å². The van der Waals surface area contributed by atoms with Gasteiger partial charge in [-0.25, -0.2) is 19.4 Å². The Labute approximate surface area is 350 Å². The summed E-state index contributed by atoms with van der Waals surface area (Å²) in [6.45, 7) is -0.354. The van der Waals surface area contributed by atoms with Crippen molar-refractivity contribution in [3.8, 4) is 17.0 Å². The number of carbonyl (C=O) groups is 2. The number of anilines is 1. The molecule has 1 aromatic heterocycles. The Balaban J connectivity index is 1.30. The van der Waals surface area contributed by atoms with Crippen LogP contribution in [0, 0.1) is 11.6 Å². The van der Waals surface area contributed by atoms with E-state index < -0.39 is 112 Å². The summed E-state index contributed by atoms with van der Waals surface area (Å²) in [5.41, 5.74) is -7.19. The van der Waals surface area contributed by atoms with Crippen molar-refractivity contribution < 1.29 is 74.6 Å². The number of hydrogen-bond acceptors (Lipinski definition) is 12. The summed E-state index contributed by atoms with van der Waals surface area (Å²) >= 11 is 0. The van der Waals surface area contributed by atoms with E-state index in [0.29, 0.717) is 43.9 Å². The van der Waals surface area contributed by atoms with Crippen LogP contribution in [0.3, 0.4) is 0 Å². The number of nitrogens with one attached hydrogen (secondary N) is 1. The van der Waals surface area contributed by atoms with Crippen molar-refractivity contribution in [2.75, 3.05) is 58.9 Å². The van der Waals surface area contributed by atoms with Gasteiger partial charge in [-0.2, -0.15) is 30.7 Å². The fourth-order valence-electron chi connectivity index (χ4n) is 7.29. The molecular weight excluding hydrogens is 844 g/mol. The van der Waals surface area contributed by atoms with Gasteiger partial charge >= 0.3 is 12.4 Å². The summed E-state index contributed by atoms with van der Waals surface area (Å²) in [7, 11) is 3.15. The zero-order valence-corrected chi connectivity index (χ0v) is 33.6. The molecule has 0 saturated heterocycles. The molecule has 5 N–H and O–H groups in total. The molecule has 5 rings (SSSR count). The lowest BCUT2D eigenvalue weighted by Crippen LogP contribution is -2.62. The van der Waals surface area contributed by atoms with Gasteiger partial charge < -0.3 is 40.1 Å². The molecule has 14 nitrogen and oxygen atoms in total. The molecule has 22 heteroatoms. The number of hydrazine groups is 1. The first-order valence-electron chi connectivity index (χ1n) is 19.4. The van der Waals surface area contributed by atoms with E-state index in [4.69, 9.17) is 14.6 Å². The number of halogens is 8. The summed E-state index contributed by atoms with van der Waals surface area (Å²) in [5.74, 6) is -6.49. The first-order valence-corrected chi connectivity index (χ1v) is 19.4. The summed E-state index contributed by atoms with van der Waals surface area (Å²) in [6.07, 6.45) is -9.19. The molecule has 1 aliphatic carbocycles. The number of benzene rings is 2. The van der Waals surface area contributed by atoms with Crippen molar-refractivity contribution in [2.24, 2.45) is 0 Å². The molecule has 1 spiro atoms. The molecule has 2 aromatic carbocycles. The molecule has 62 heavy (non-hydrogen) atoms. The van der Waals surface area contributed by atoms with Crippen molar-refractivity contribution in [3.63, 3.8) is 0 Å². The minimum atomic E-state index is -5.01. The van der Waals surface area contributed by atoms with Gasteiger partial charge in [0.05, 0.1) is 61.1 Å². The lowest BCUT2D eigenvalue weighted by Gasteiger charge is -2.48. The minimum absolute atomic E-state index is 0.0145. The Kier molecular flexibility index (Phi) is 15.5. The van der Waals surface area contributed by atoms with Gasteiger partial charge in [0.25, 0.3) is 11.8 Å². The first kappa shape index (κ1) is 48.0. The number of aromatic nitrogens is 2. The largest absolute Gasteiger partial charge is 0.509 e. The van der Waals surface area contributed by atoms with Crippen LogP contribution in [0.5, 0.6) is 5.75 Å². The standard InChI is InChI=1S/C40H46F8N6O8/c1-52(20-25(56)7-8-26(57)21-55)13-14-61-15-16-62-30-10-5-23(33(41)34(30)42)19-54-37(60)32(35(58)38(53(54)2)11-3-4-12-38)36(59)51-28-9-6-24(39(43,44)45)17-27(28)29-18-31(40(46,47)48)50-22-49-29/h5-6,9-10,17-18,22,25-26,55-58H,3-4,7-8,11-16,19-21H2,1-2H3,(H,51,59)/t25-,26?/m1/s1. The van der Waals surface area contributed by atoms with E-state index in [9.17, 15) is 51.3 Å². The van der Waals surface area contributed by atoms with E-state index in [1.54, 1.807) is 11.9 Å². The molecule has 1 fully saturated rings. The Morgan fingerprint density at radius 2 is 1.65 bits per heavy atom. The van der Waals surface area contributed by atoms with E-state index in [-0.39, 0.29) is 57.6 Å². The van der Waals surface area contributed by atoms with Gasteiger partial charge in [-0.1, -0.05) is 18.9 Å². The molecule has 0 bridgehead atoms. The highest BCUT2D eigenvalue weighted by Gasteiger charge is 2.53. The lowest BCUT2D eigenvalue weighted by molar-refractivity contribution is -0.163. The quantitative estimate of drug-likeness (QED) is 0.0639. The highest BCUT2D eigenvalue weighted by molar-refractivity contribution is 6.24. The third-order valence-corrected chi connectivity index (χ3v) is 10.7. The van der Waals surface area contributed by atoms with Gasteiger partial charge in [-0.15, -0.1) is 0 Å². The summed E-state index contributed by atoms with van der Waals surface area (Å²) in [5, 5.41) is 44.5. The Hall–Kier alpha value is -5.00. The van der Waals surface area contributed by atoms with Crippen LogP contribution in [0.25, 0.3) is 11.3 Å². The maximum Gasteiger partial charge on any atom is 0.433 e. The molecular formula is C40H46F8N6O8. The predicted octanol–water partition coefficient (Wildman–Crippen LogP) is 5.23. The average Bonchev–Trinajstić information content (AvgIpc) is 3.72. The minimum Gasteiger partial charge on any atom is -0.509 e. The zero-order chi connectivity index (χ0) is 45.6. The van der Waals surface area contributed by atoms with Crippen molar-refractivity contribution in [3.05, 3.63) is 82.5 Å². The molecule has 340 valence electrons. The van der Waals surface area contributed by atoms with Crippen molar-refractivity contribution >= 4 is 17.5 Å². The highest BCUT2D eigenvalue weighted by Crippen LogP contribution is 2.45. The van der Waals surface area contributed by atoms with Crippen LogP contribution in [-0.4, -0.2) is 128 Å². The van der Waals surface area contributed by atoms with Crippen LogP contribution >= 0.6 is 0 Å². The second-order valence-corrected chi connectivity index (χ2v) is 15.0. The number of nitrogens with zero attached hydrogens (tertiary/aromatic N) is 5. The molecule has 1 unspecified atom stereocenters. The van der Waals surface area contributed by atoms with Crippen LogP contribution in [-0.2, 0) is 33.2 Å². The number of amides is 2. The molecule has 0 radical (unpaired) electrons. The molecule has 2 aliphatic rings. The van der Waals surface area contributed by atoms with E-state index >= 15 is 8.78 Å². The van der Waals surface area contributed by atoms with Gasteiger partial charge in [0.15, 0.2) is 11.6 Å². The molecule has 1 aliphatic heterocycles. The summed E-state index contributed by atoms with van der Waals surface area (Å²) in [6, 6.07) is 4.41. The van der Waals surface area contributed by atoms with E-state index in [1.807, 2.05) is 0 Å². The monoisotopic (exact) mass is 890 g/mol. The third-order valence-electron chi connectivity index (χ3n) is 10.7. The topological polar surface area (TPSA) is 181 Å². The Bertz CT molecular complexity index is 2100. The molecule has 1 saturated carbocycles. The number of carbonyl (C=O) groups excluding carboxylic acids is 2. The number of ether oxygens (including phenoxy) is 2. The number of alkyl halides is 6. The van der Waals surface area contributed by atoms with Crippen molar-refractivity contribution in [1.82, 2.24) is 24.9 Å². The Morgan fingerprint density at radius 3 is 2.31 bits per heavy atom. The highest BCUT2D eigenvalue weighted by atomic mass is 19.4. The molecule has 3 aromatic rings. The van der Waals surface area contributed by atoms with Crippen molar-refractivity contribution in [2.45, 2.75) is 75.2 Å². The SMILES string of the molecule is CN(CCOCCOc1ccc(CN2C(=O)C(C(=O)Nc3ccc(C(F)(F)F)cc3-c3cc(C(F)(F)F)ncn3)=C(O)C3(CCCC3)N2C)c(F)c1F)C[C@H](O)CCC(O)CO. The van der Waals surface area contributed by atoms with Crippen LogP contribution in [0.2, 0.25) is 0 Å². The molecule has 2 heterocycles. The third kappa shape index (κ3) is 11.1. The van der Waals surface area contributed by atoms with Gasteiger partial charge in [-0.3, -0.25) is 14.6 Å². The second-order valence-electron chi connectivity index (χ2n) is 15.0. The lowest BCUT2D eigenvalue weighted by atomic mass is 9.88. The normalized spacial score (nSPS) is 17.0. The van der Waals surface area contributed by atoms with Gasteiger partial charge in [0.1, 0.15) is 30.0 Å². The van der Waals surface area contributed by atoms with Gasteiger partial charge in [-0.05, 0) is 63.1 Å². The summed E-state index contributed by atoms with van der Waals surface area (Å²) in [4.78, 5) is 36.6. The number of hydrogen-bond donors (Lipinski definition) is 5. The fourth-order valence-corrected chi connectivity index (χ4v) is 7.29. The zero-order valence-electron chi connectivity index (χ0n) is 33.6. The number of aliphatic hydroxyl groups excluding tert-OH is 4. The Morgan fingerprint density at radius 1 is 0.952 bits per heavy atom. The van der Waals surface area contributed by atoms with Crippen LogP contribution in [0.15, 0.2) is 54.1 Å². The number of likely N-dealkylation sites (N-methyl/N-ethyl adjacent to an activating group) is 2. The van der Waals surface area contributed by atoms with E-state index in [0.717, 1.165) is 23.2 Å². The second kappa shape index (κ2) is 20.0. The predicted molar refractivity (Wildman–Crippen MR) is 204 cm³/mol. The number of aliphatic hydroxyl groups is 4. The van der Waals surface area contributed by atoms with Crippen LogP contribution in [0.1, 0.15) is 55.3 Å². The van der Waals surface area contributed by atoms with Gasteiger partial charge in [0, 0.05) is 31.3 Å². The average molecular weight is 891 g/mol. The number of rotatable bonds is 18. The van der Waals surface area contributed by atoms with Crippen molar-refractivity contribution in [1.29, 1.82) is 0 Å². The fraction of sp³-hybridized carbons (Fsp3) is 0.500. The maximum absolute atomic E-state index is 15.6. The van der Waals surface area contributed by atoms with E-state index in [2.05, 4.69) is 15.3 Å². The first-order chi connectivity index (χ1) is 29.2. The van der Waals surface area contributed by atoms with Gasteiger partial charge in [0.2, 0.25) is 5.82 Å². The smallest absolute Gasteiger partial charge is 0.433 e.